The molecule has 0 aromatic carbocycles. The van der Waals surface area contributed by atoms with Crippen molar-refractivity contribution in [3.8, 4) is 0 Å². The molecule has 4 bridgehead atoms. The lowest BCUT2D eigenvalue weighted by Gasteiger charge is -2.64. The van der Waals surface area contributed by atoms with Gasteiger partial charge in [-0.1, -0.05) is 20.8 Å². The smallest absolute Gasteiger partial charge is 0.0776 e. The normalized spacial score (nSPS) is 55.7. The molecule has 0 amide bonds. The van der Waals surface area contributed by atoms with Gasteiger partial charge in [0, 0.05) is 5.92 Å². The lowest BCUT2D eigenvalue weighted by atomic mass is 9.44. The van der Waals surface area contributed by atoms with Crippen LogP contribution >= 0.6 is 0 Å². The van der Waals surface area contributed by atoms with E-state index in [0.29, 0.717) is 11.8 Å². The fourth-order valence-corrected chi connectivity index (χ4v) is 5.05. The van der Waals surface area contributed by atoms with Crippen LogP contribution in [0.15, 0.2) is 0 Å². The van der Waals surface area contributed by atoms with Crippen molar-refractivity contribution in [2.45, 2.75) is 58.2 Å². The summed E-state index contributed by atoms with van der Waals surface area (Å²) in [6.07, 6.45) is 4.23. The van der Waals surface area contributed by atoms with E-state index in [1.54, 1.807) is 0 Å². The van der Waals surface area contributed by atoms with Gasteiger partial charge in [0.1, 0.15) is 0 Å². The van der Waals surface area contributed by atoms with Crippen LogP contribution in [0.5, 0.6) is 0 Å². The summed E-state index contributed by atoms with van der Waals surface area (Å²) in [6.45, 7) is 6.38. The summed E-state index contributed by atoms with van der Waals surface area (Å²) >= 11 is 0. The lowest BCUT2D eigenvalue weighted by Crippen LogP contribution is -2.68. The minimum atomic E-state index is -0.639. The number of hydrogen-bond donors (Lipinski definition) is 2. The molecule has 92 valence electrons. The summed E-state index contributed by atoms with van der Waals surface area (Å²) in [5.41, 5.74) is -0.754. The van der Waals surface area contributed by atoms with Crippen LogP contribution in [0.3, 0.4) is 0 Å². The van der Waals surface area contributed by atoms with Crippen LogP contribution in [0.2, 0.25) is 0 Å². The van der Waals surface area contributed by atoms with Gasteiger partial charge in [-0.15, -0.1) is 0 Å². The Morgan fingerprint density at radius 3 is 2.38 bits per heavy atom. The topological polar surface area (TPSA) is 40.5 Å². The van der Waals surface area contributed by atoms with Crippen LogP contribution in [0.1, 0.15) is 46.5 Å². The third kappa shape index (κ3) is 1.15. The van der Waals surface area contributed by atoms with Gasteiger partial charge in [-0.25, -0.2) is 0 Å². The molecule has 4 rings (SSSR count). The van der Waals surface area contributed by atoms with E-state index in [0.717, 1.165) is 18.8 Å². The summed E-state index contributed by atoms with van der Waals surface area (Å²) in [5.74, 6) is 1.81. The quantitative estimate of drug-likeness (QED) is 0.662. The highest BCUT2D eigenvalue weighted by Crippen LogP contribution is 2.62. The van der Waals surface area contributed by atoms with Crippen LogP contribution in [-0.4, -0.2) is 21.9 Å². The zero-order chi connectivity index (χ0) is 11.7. The van der Waals surface area contributed by atoms with E-state index < -0.39 is 5.60 Å². The Morgan fingerprint density at radius 2 is 1.75 bits per heavy atom. The highest BCUT2D eigenvalue weighted by atomic mass is 16.3. The molecule has 0 heterocycles. The molecular formula is C14H24O2. The molecule has 4 fully saturated rings. The Hall–Kier alpha value is -0.0800. The molecule has 2 heteroatoms. The summed E-state index contributed by atoms with van der Waals surface area (Å²) in [5, 5.41) is 21.5. The van der Waals surface area contributed by atoms with Crippen molar-refractivity contribution in [3.05, 3.63) is 0 Å². The van der Waals surface area contributed by atoms with Gasteiger partial charge in [-0.3, -0.25) is 0 Å². The predicted molar refractivity (Wildman–Crippen MR) is 62.8 cm³/mol. The van der Waals surface area contributed by atoms with E-state index >= 15 is 0 Å². The fourth-order valence-electron chi connectivity index (χ4n) is 5.05. The SMILES string of the molecule is CC(C)(C)[C@]1(O)[C@H]2C[C@@H]3C[C@H](C2)[C@@H](O)[C@H]1C3. The minimum absolute atomic E-state index is 0.114. The third-order valence-corrected chi connectivity index (χ3v) is 5.71. The molecule has 2 N–H and O–H groups in total. The molecule has 0 saturated heterocycles. The molecule has 4 saturated carbocycles. The average molecular weight is 224 g/mol. The van der Waals surface area contributed by atoms with E-state index in [1.165, 1.54) is 12.8 Å². The predicted octanol–water partition coefficient (Wildman–Crippen LogP) is 2.19. The Kier molecular flexibility index (Phi) is 2.09. The van der Waals surface area contributed by atoms with Crippen LogP contribution in [0.4, 0.5) is 0 Å². The lowest BCUT2D eigenvalue weighted by molar-refractivity contribution is -0.260. The Morgan fingerprint density at radius 1 is 1.06 bits per heavy atom. The Balaban J connectivity index is 2.02. The molecule has 0 aliphatic heterocycles. The fraction of sp³-hybridized carbons (Fsp3) is 1.00. The summed E-state index contributed by atoms with van der Waals surface area (Å²) in [7, 11) is 0. The van der Waals surface area contributed by atoms with E-state index in [1.807, 2.05) is 0 Å². The number of rotatable bonds is 0. The van der Waals surface area contributed by atoms with Crippen LogP contribution in [0, 0.1) is 29.1 Å². The van der Waals surface area contributed by atoms with Crippen LogP contribution in [-0.2, 0) is 0 Å². The van der Waals surface area contributed by atoms with Gasteiger partial charge in [0.05, 0.1) is 11.7 Å². The van der Waals surface area contributed by atoms with Crippen molar-refractivity contribution in [3.63, 3.8) is 0 Å². The molecule has 4 aliphatic rings. The molecule has 0 spiro atoms. The molecule has 4 aliphatic carbocycles. The molecule has 0 aromatic rings. The van der Waals surface area contributed by atoms with Gasteiger partial charge in [0.2, 0.25) is 0 Å². The monoisotopic (exact) mass is 224 g/mol. The highest BCUT2D eigenvalue weighted by Gasteiger charge is 2.64. The van der Waals surface area contributed by atoms with Gasteiger partial charge in [0.15, 0.2) is 0 Å². The van der Waals surface area contributed by atoms with Crippen molar-refractivity contribution in [2.75, 3.05) is 0 Å². The molecular weight excluding hydrogens is 200 g/mol. The second kappa shape index (κ2) is 3.02. The maximum absolute atomic E-state index is 11.1. The maximum Gasteiger partial charge on any atom is 0.0776 e. The summed E-state index contributed by atoms with van der Waals surface area (Å²) in [6, 6.07) is 0. The third-order valence-electron chi connectivity index (χ3n) is 5.71. The first-order valence-corrected chi connectivity index (χ1v) is 6.74. The van der Waals surface area contributed by atoms with Gasteiger partial charge >= 0.3 is 0 Å². The summed E-state index contributed by atoms with van der Waals surface area (Å²) in [4.78, 5) is 0. The molecule has 2 nitrogen and oxygen atoms in total. The standard InChI is InChI=1S/C14H24O2/c1-13(2,3)14(16)10-5-8-4-9(7-10)12(15)11(14)6-8/h8-12,15-16H,4-7H2,1-3H3/t8-,9+,10-,11+,12+,14-/m0/s1. The molecule has 0 unspecified atom stereocenters. The first-order valence-electron chi connectivity index (χ1n) is 6.74. The zero-order valence-electron chi connectivity index (χ0n) is 10.6. The first kappa shape index (κ1) is 11.0. The summed E-state index contributed by atoms with van der Waals surface area (Å²) < 4.78 is 0. The number of aliphatic hydroxyl groups is 2. The molecule has 16 heavy (non-hydrogen) atoms. The van der Waals surface area contributed by atoms with Crippen molar-refractivity contribution in [1.29, 1.82) is 0 Å². The first-order chi connectivity index (χ1) is 7.34. The van der Waals surface area contributed by atoms with Crippen LogP contribution in [0.25, 0.3) is 0 Å². The van der Waals surface area contributed by atoms with Gasteiger partial charge in [-0.05, 0) is 48.9 Å². The second-order valence-corrected chi connectivity index (χ2v) is 7.44. The van der Waals surface area contributed by atoms with E-state index in [9.17, 15) is 10.2 Å². The zero-order valence-corrected chi connectivity index (χ0v) is 10.6. The highest BCUT2D eigenvalue weighted by molar-refractivity contribution is 5.14. The van der Waals surface area contributed by atoms with E-state index in [4.69, 9.17) is 0 Å². The second-order valence-electron chi connectivity index (χ2n) is 7.44. The van der Waals surface area contributed by atoms with Gasteiger partial charge in [0.25, 0.3) is 0 Å². The van der Waals surface area contributed by atoms with Crippen molar-refractivity contribution in [1.82, 2.24) is 0 Å². The number of hydrogen-bond acceptors (Lipinski definition) is 2. The molecule has 0 radical (unpaired) electrons. The molecule has 6 atom stereocenters. The average Bonchev–Trinajstić information content (AvgIpc) is 2.18. The van der Waals surface area contributed by atoms with Crippen molar-refractivity contribution in [2.24, 2.45) is 29.1 Å². The Bertz CT molecular complexity index is 306. The van der Waals surface area contributed by atoms with E-state index in [2.05, 4.69) is 20.8 Å². The van der Waals surface area contributed by atoms with Crippen LogP contribution < -0.4 is 0 Å². The Labute approximate surface area is 98.1 Å². The largest absolute Gasteiger partial charge is 0.392 e. The molecule has 0 aromatic heterocycles. The van der Waals surface area contributed by atoms with Crippen molar-refractivity contribution >= 4 is 0 Å². The van der Waals surface area contributed by atoms with E-state index in [-0.39, 0.29) is 17.4 Å². The number of aliphatic hydroxyl groups excluding tert-OH is 1. The maximum atomic E-state index is 11.1. The minimum Gasteiger partial charge on any atom is -0.392 e. The van der Waals surface area contributed by atoms with Crippen molar-refractivity contribution < 1.29 is 10.2 Å². The van der Waals surface area contributed by atoms with Gasteiger partial charge in [-0.2, -0.15) is 0 Å². The van der Waals surface area contributed by atoms with Gasteiger partial charge < -0.3 is 10.2 Å².